The number of fused-ring (bicyclic) bond motifs is 1. The highest BCUT2D eigenvalue weighted by Gasteiger charge is 2.40. The van der Waals surface area contributed by atoms with Crippen molar-refractivity contribution in [3.05, 3.63) is 27.8 Å². The fourth-order valence-corrected chi connectivity index (χ4v) is 6.09. The number of hydrogen-bond donors (Lipinski definition) is 3. The molecule has 0 radical (unpaired) electrons. The number of carbonyl (C=O) groups is 2. The van der Waals surface area contributed by atoms with Crippen molar-refractivity contribution in [2.24, 2.45) is 18.9 Å². The second-order valence-electron chi connectivity index (χ2n) is 8.64. The zero-order valence-electron chi connectivity index (χ0n) is 19.3. The van der Waals surface area contributed by atoms with Gasteiger partial charge in [-0.1, -0.05) is 18.9 Å². The minimum Gasteiger partial charge on any atom is -0.462 e. The van der Waals surface area contributed by atoms with Gasteiger partial charge in [0.25, 0.3) is 6.43 Å². The Morgan fingerprint density at radius 3 is 2.82 bits per heavy atom. The monoisotopic (exact) mass is 513 g/mol. The molecular formula is C22H29F2N5O3S2. The van der Waals surface area contributed by atoms with E-state index < -0.39 is 12.4 Å². The van der Waals surface area contributed by atoms with E-state index in [4.69, 9.17) is 4.74 Å². The van der Waals surface area contributed by atoms with E-state index in [-0.39, 0.29) is 30.2 Å². The predicted molar refractivity (Wildman–Crippen MR) is 129 cm³/mol. The second kappa shape index (κ2) is 10.6. The van der Waals surface area contributed by atoms with E-state index in [9.17, 15) is 18.4 Å². The van der Waals surface area contributed by atoms with Crippen LogP contribution in [-0.4, -0.2) is 40.2 Å². The summed E-state index contributed by atoms with van der Waals surface area (Å²) in [5.74, 6) is 0.944. The molecule has 2 aliphatic rings. The fraction of sp³-hybridized carbons (Fsp3) is 0.591. The number of hydrogen-bond acceptors (Lipinski definition) is 8. The standard InChI is InChI=1S/C22H29F2N5O3S2/c1-4-32-22(31)18-14-8-12(28-33-10-25-17-9-15(19(23)24)27-29(17)3)5-6-16(14)34-21(18)26-20(30)13-7-11(13)2/h9,11-13,19,25,28H,4-8,10H2,1-3H3,(H,26,30)/t11-,12-,13-/m0/s1. The van der Waals surface area contributed by atoms with Gasteiger partial charge in [0, 0.05) is 30.0 Å². The van der Waals surface area contributed by atoms with Crippen LogP contribution in [0.2, 0.25) is 0 Å². The van der Waals surface area contributed by atoms with Crippen molar-refractivity contribution >= 4 is 46.0 Å². The summed E-state index contributed by atoms with van der Waals surface area (Å²) in [6.07, 6.45) is 0.602. The predicted octanol–water partition coefficient (Wildman–Crippen LogP) is 4.36. The third kappa shape index (κ3) is 5.55. The first-order valence-corrected chi connectivity index (χ1v) is 13.1. The number of rotatable bonds is 10. The number of ether oxygens (including phenoxy) is 1. The Morgan fingerprint density at radius 2 is 2.18 bits per heavy atom. The molecular weight excluding hydrogens is 484 g/mol. The third-order valence-electron chi connectivity index (χ3n) is 6.12. The molecule has 0 saturated heterocycles. The maximum Gasteiger partial charge on any atom is 0.341 e. The Balaban J connectivity index is 1.37. The molecule has 0 unspecified atom stereocenters. The number of thiophene rings is 1. The normalized spacial score (nSPS) is 21.3. The van der Waals surface area contributed by atoms with Crippen LogP contribution in [-0.2, 0) is 29.4 Å². The lowest BCUT2D eigenvalue weighted by Crippen LogP contribution is -2.31. The van der Waals surface area contributed by atoms with Crippen LogP contribution < -0.4 is 15.4 Å². The number of aromatic nitrogens is 2. The molecule has 3 N–H and O–H groups in total. The SMILES string of the molecule is CCOC(=O)c1c(NC(=O)[C@H]2C[C@@H]2C)sc2c1C[C@@H](NSCNc1cc(C(F)F)nn1C)CC2. The lowest BCUT2D eigenvalue weighted by atomic mass is 9.92. The number of amides is 1. The largest absolute Gasteiger partial charge is 0.462 e. The molecule has 2 heterocycles. The van der Waals surface area contributed by atoms with Crippen molar-refractivity contribution in [3.63, 3.8) is 0 Å². The first-order chi connectivity index (χ1) is 16.3. The molecule has 12 heteroatoms. The van der Waals surface area contributed by atoms with Crippen LogP contribution in [0, 0.1) is 11.8 Å². The van der Waals surface area contributed by atoms with Crippen molar-refractivity contribution in [1.29, 1.82) is 0 Å². The summed E-state index contributed by atoms with van der Waals surface area (Å²) in [6.45, 7) is 4.08. The first-order valence-electron chi connectivity index (χ1n) is 11.3. The van der Waals surface area contributed by atoms with Crippen LogP contribution in [0.25, 0.3) is 0 Å². The first kappa shape index (κ1) is 24.9. The van der Waals surface area contributed by atoms with Crippen molar-refractivity contribution < 1.29 is 23.1 Å². The van der Waals surface area contributed by atoms with Crippen LogP contribution >= 0.6 is 23.3 Å². The molecule has 0 aliphatic heterocycles. The van der Waals surface area contributed by atoms with Crippen LogP contribution in [0.5, 0.6) is 0 Å². The summed E-state index contributed by atoms with van der Waals surface area (Å²) in [5.41, 5.74) is 1.16. The molecule has 0 spiro atoms. The number of halogens is 2. The Kier molecular flexibility index (Phi) is 7.78. The van der Waals surface area contributed by atoms with Crippen LogP contribution in [0.15, 0.2) is 6.07 Å². The molecule has 0 aromatic carbocycles. The Labute approximate surface area is 205 Å². The molecule has 1 amide bonds. The quantitative estimate of drug-likeness (QED) is 0.188. The number of nitrogens with one attached hydrogen (secondary N) is 3. The summed E-state index contributed by atoms with van der Waals surface area (Å²) >= 11 is 2.91. The van der Waals surface area contributed by atoms with Gasteiger partial charge in [-0.2, -0.15) is 5.10 Å². The molecule has 1 fully saturated rings. The Hall–Kier alpha value is -2.18. The summed E-state index contributed by atoms with van der Waals surface area (Å²) in [5, 5.41) is 10.4. The van der Waals surface area contributed by atoms with E-state index in [1.54, 1.807) is 14.0 Å². The Morgan fingerprint density at radius 1 is 1.41 bits per heavy atom. The van der Waals surface area contributed by atoms with E-state index in [2.05, 4.69) is 20.5 Å². The number of esters is 1. The molecule has 2 aromatic heterocycles. The molecule has 186 valence electrons. The fourth-order valence-electron chi connectivity index (χ4n) is 4.11. The van der Waals surface area contributed by atoms with Crippen molar-refractivity contribution in [1.82, 2.24) is 14.5 Å². The van der Waals surface area contributed by atoms with Crippen LogP contribution in [0.3, 0.4) is 0 Å². The number of aryl methyl sites for hydroxylation is 2. The Bertz CT molecular complexity index is 1060. The van der Waals surface area contributed by atoms with Gasteiger partial charge < -0.3 is 15.4 Å². The number of alkyl halides is 2. The van der Waals surface area contributed by atoms with Gasteiger partial charge in [-0.25, -0.2) is 13.6 Å². The topological polar surface area (TPSA) is 97.3 Å². The molecule has 2 aromatic rings. The van der Waals surface area contributed by atoms with Gasteiger partial charge in [-0.3, -0.25) is 14.2 Å². The number of anilines is 2. The maximum absolute atomic E-state index is 12.8. The average molecular weight is 514 g/mol. The van der Waals surface area contributed by atoms with Gasteiger partial charge in [-0.15, -0.1) is 11.3 Å². The van der Waals surface area contributed by atoms with Crippen LogP contribution in [0.4, 0.5) is 19.6 Å². The van der Waals surface area contributed by atoms with Gasteiger partial charge >= 0.3 is 5.97 Å². The third-order valence-corrected chi connectivity index (χ3v) is 8.12. The molecule has 1 saturated carbocycles. The van der Waals surface area contributed by atoms with Gasteiger partial charge in [-0.05, 0) is 44.1 Å². The van der Waals surface area contributed by atoms with E-state index >= 15 is 0 Å². The zero-order valence-corrected chi connectivity index (χ0v) is 21.0. The van der Waals surface area contributed by atoms with E-state index in [0.29, 0.717) is 34.6 Å². The summed E-state index contributed by atoms with van der Waals surface area (Å²) in [7, 11) is 1.61. The van der Waals surface area contributed by atoms with Crippen molar-refractivity contribution in [2.75, 3.05) is 23.1 Å². The van der Waals surface area contributed by atoms with E-state index in [1.807, 2.05) is 6.92 Å². The number of carbonyl (C=O) groups excluding carboxylic acids is 2. The summed E-state index contributed by atoms with van der Waals surface area (Å²) < 4.78 is 35.7. The summed E-state index contributed by atoms with van der Waals surface area (Å²) in [4.78, 5) is 26.4. The zero-order chi connectivity index (χ0) is 24.4. The number of nitrogens with zero attached hydrogens (tertiary/aromatic N) is 2. The van der Waals surface area contributed by atoms with E-state index in [1.165, 1.54) is 34.0 Å². The molecule has 34 heavy (non-hydrogen) atoms. The minimum absolute atomic E-state index is 0.0173. The molecule has 2 aliphatic carbocycles. The smallest absolute Gasteiger partial charge is 0.341 e. The highest BCUT2D eigenvalue weighted by atomic mass is 32.2. The van der Waals surface area contributed by atoms with Crippen LogP contribution in [0.1, 0.15) is 59.6 Å². The lowest BCUT2D eigenvalue weighted by molar-refractivity contribution is -0.117. The van der Waals surface area contributed by atoms with Gasteiger partial charge in [0.2, 0.25) is 5.91 Å². The minimum atomic E-state index is -2.61. The van der Waals surface area contributed by atoms with E-state index in [0.717, 1.165) is 29.7 Å². The molecule has 3 atom stereocenters. The maximum atomic E-state index is 12.8. The highest BCUT2D eigenvalue weighted by Crippen LogP contribution is 2.42. The molecule has 4 rings (SSSR count). The molecule has 8 nitrogen and oxygen atoms in total. The highest BCUT2D eigenvalue weighted by molar-refractivity contribution is 7.97. The van der Waals surface area contributed by atoms with Gasteiger partial charge in [0.15, 0.2) is 0 Å². The summed E-state index contributed by atoms with van der Waals surface area (Å²) in [6, 6.07) is 1.46. The average Bonchev–Trinajstić information content (AvgIpc) is 3.25. The van der Waals surface area contributed by atoms with Gasteiger partial charge in [0.05, 0.1) is 18.0 Å². The van der Waals surface area contributed by atoms with Gasteiger partial charge in [0.1, 0.15) is 16.5 Å². The van der Waals surface area contributed by atoms with Crippen molar-refractivity contribution in [2.45, 2.75) is 52.0 Å². The molecule has 0 bridgehead atoms. The second-order valence-corrected chi connectivity index (χ2v) is 10.6. The van der Waals surface area contributed by atoms with Crippen molar-refractivity contribution in [3.8, 4) is 0 Å². The lowest BCUT2D eigenvalue weighted by Gasteiger charge is -2.23.